The lowest BCUT2D eigenvalue weighted by atomic mass is 9.95. The van der Waals surface area contributed by atoms with Crippen molar-refractivity contribution in [3.05, 3.63) is 413 Å². The monoisotopic (exact) mass is 1770 g/mol. The summed E-state index contributed by atoms with van der Waals surface area (Å²) in [4.78, 5) is 0. The van der Waals surface area contributed by atoms with Crippen molar-refractivity contribution >= 4 is 129 Å². The van der Waals surface area contributed by atoms with E-state index in [-0.39, 0.29) is 0 Å². The van der Waals surface area contributed by atoms with Gasteiger partial charge in [-0.3, -0.25) is 0 Å². The predicted octanol–water partition coefficient (Wildman–Crippen LogP) is 45.2. The summed E-state index contributed by atoms with van der Waals surface area (Å²) in [6.07, 6.45) is 0. The minimum absolute atomic E-state index is 0.833. The number of fused-ring (bicyclic) bond motifs is 6. The van der Waals surface area contributed by atoms with Gasteiger partial charge in [-0.25, -0.2) is 0 Å². The molecule has 0 saturated carbocycles. The van der Waals surface area contributed by atoms with Crippen molar-refractivity contribution in [1.29, 1.82) is 0 Å². The van der Waals surface area contributed by atoms with E-state index in [0.717, 1.165) is 23.7 Å². The molecule has 0 N–H and O–H groups in total. The molecule has 20 aromatic rings. The van der Waals surface area contributed by atoms with Crippen molar-refractivity contribution in [2.24, 2.45) is 23.7 Å². The second kappa shape index (κ2) is 84.6. The van der Waals surface area contributed by atoms with Crippen LogP contribution in [0.4, 0.5) is 0 Å². The topological polar surface area (TPSA) is 0 Å². The highest BCUT2D eigenvalue weighted by molar-refractivity contribution is 6.24. The quantitative estimate of drug-likeness (QED) is 0.133. The summed E-state index contributed by atoms with van der Waals surface area (Å²) >= 11 is 0. The lowest BCUT2D eigenvalue weighted by Gasteiger charge is -2.09. The molecule has 0 amide bonds. The zero-order chi connectivity index (χ0) is 100. The number of hydrogen-bond donors (Lipinski definition) is 0. The van der Waals surface area contributed by atoms with Gasteiger partial charge in [0.2, 0.25) is 0 Å². The Morgan fingerprint density at radius 1 is 0.0833 bits per heavy atom. The molecule has 20 aromatic carbocycles. The number of rotatable bonds is 0. The Morgan fingerprint density at radius 3 is 0.197 bits per heavy atom. The maximum atomic E-state index is 2.21. The standard InChI is InChI=1S/2C16H10.6C10H8.4C4H10.12C2H6/c2*1-3-11-7-9-13-5-2-6-14-10-8-12(4-1)15(11)16(13)14;6*1-2-6-10-8-4-3-7-9(10)5-1;4*1-4(2)3;12*1-2/h2*1-10H;6*1-8H;4*4H,1-3H3;12*1-2H3. The molecule has 132 heavy (non-hydrogen) atoms. The van der Waals surface area contributed by atoms with E-state index in [4.69, 9.17) is 0 Å². The van der Waals surface area contributed by atoms with Gasteiger partial charge in [0.25, 0.3) is 0 Å². The van der Waals surface area contributed by atoms with Crippen molar-refractivity contribution in [2.45, 2.75) is 249 Å². The largest absolute Gasteiger partial charge is 0.0683 e. The molecule has 0 nitrogen and oxygen atoms in total. The molecule has 0 atom stereocenters. The minimum Gasteiger partial charge on any atom is -0.0683 e. The average Bonchev–Trinajstić information content (AvgIpc) is 0.755. The Balaban J connectivity index is -0.000000675. The van der Waals surface area contributed by atoms with Crippen molar-refractivity contribution in [2.75, 3.05) is 0 Å². The summed E-state index contributed by atoms with van der Waals surface area (Å²) in [5, 5.41) is 32.0. The molecule has 0 spiro atoms. The molecule has 20 rings (SSSR count). The van der Waals surface area contributed by atoms with Crippen LogP contribution in [0, 0.1) is 23.7 Å². The first-order chi connectivity index (χ1) is 64.6. The molecule has 0 aliphatic rings. The lowest BCUT2D eigenvalue weighted by molar-refractivity contribution is 0.736. The molecule has 0 aliphatic carbocycles. The van der Waals surface area contributed by atoms with Crippen LogP contribution < -0.4 is 0 Å². The van der Waals surface area contributed by atoms with Crippen LogP contribution in [-0.2, 0) is 0 Å². The van der Waals surface area contributed by atoms with Crippen molar-refractivity contribution < 1.29 is 0 Å². The molecule has 0 bridgehead atoms. The highest BCUT2D eigenvalue weighted by Crippen LogP contribution is 2.36. The maximum absolute atomic E-state index is 2.21. The Hall–Kier alpha value is -12.0. The number of hydrogen-bond acceptors (Lipinski definition) is 0. The number of benzene rings is 20. The third-order valence-electron chi connectivity index (χ3n) is 16.7. The van der Waals surface area contributed by atoms with E-state index in [1.54, 1.807) is 0 Å². The third kappa shape index (κ3) is 49.9. The second-order valence-corrected chi connectivity index (χ2v) is 29.6. The van der Waals surface area contributed by atoms with Crippen molar-refractivity contribution in [3.8, 4) is 0 Å². The van der Waals surface area contributed by atoms with Crippen LogP contribution >= 0.6 is 0 Å². The molecule has 0 aromatic heterocycles. The van der Waals surface area contributed by atoms with E-state index in [1.165, 1.54) is 129 Å². The van der Waals surface area contributed by atoms with Gasteiger partial charge in [0.1, 0.15) is 0 Å². The van der Waals surface area contributed by atoms with Gasteiger partial charge in [-0.05, 0) is 153 Å². The first-order valence-corrected chi connectivity index (χ1v) is 50.5. The van der Waals surface area contributed by atoms with Gasteiger partial charge in [0.05, 0.1) is 0 Å². The SMILES string of the molecule is CC.CC.CC.CC.CC.CC.CC.CC.CC.CC.CC.CC.CC(C)C.CC(C)C.CC(C)C.CC(C)C.c1cc2ccc3cccc4ccc(c1)c2c34.c1cc2ccc3cccc4ccc(c1)c2c34.c1ccc2ccccc2c1.c1ccc2ccccc2c1.c1ccc2ccccc2c1.c1ccc2ccccc2c1.c1ccc2ccccc2c1.c1ccc2ccccc2c1. The molecule has 0 aliphatic heterocycles. The van der Waals surface area contributed by atoms with Gasteiger partial charge in [0, 0.05) is 0 Å². The molecule has 0 heterocycles. The second-order valence-electron chi connectivity index (χ2n) is 29.6. The molecule has 0 radical (unpaired) electrons. The molecule has 0 saturated heterocycles. The Kier molecular flexibility index (Phi) is 80.9. The minimum atomic E-state index is 0.833. The van der Waals surface area contributed by atoms with E-state index in [9.17, 15) is 0 Å². The van der Waals surface area contributed by atoms with Crippen LogP contribution in [0.5, 0.6) is 0 Å². The van der Waals surface area contributed by atoms with Gasteiger partial charge in [-0.2, -0.15) is 0 Å². The van der Waals surface area contributed by atoms with Gasteiger partial charge in [-0.1, -0.05) is 662 Å². The summed E-state index contributed by atoms with van der Waals surface area (Å²) in [7, 11) is 0. The molecular formula is C132H180. The highest BCUT2D eigenvalue weighted by atomic mass is 14.1. The Labute approximate surface area is 809 Å². The molecule has 0 heteroatoms. The normalized spacial score (nSPS) is 9.03. The van der Waals surface area contributed by atoms with E-state index in [2.05, 4.69) is 496 Å². The van der Waals surface area contributed by atoms with Gasteiger partial charge >= 0.3 is 0 Å². The molecule has 708 valence electrons. The first kappa shape index (κ1) is 126. The summed E-state index contributed by atoms with van der Waals surface area (Å²) < 4.78 is 0. The lowest BCUT2D eigenvalue weighted by Crippen LogP contribution is -1.82. The van der Waals surface area contributed by atoms with E-state index >= 15 is 0 Å². The summed E-state index contributed by atoms with van der Waals surface area (Å²) in [5.74, 6) is 3.33. The van der Waals surface area contributed by atoms with Crippen LogP contribution in [-0.4, -0.2) is 0 Å². The van der Waals surface area contributed by atoms with E-state index < -0.39 is 0 Å². The first-order valence-electron chi connectivity index (χ1n) is 50.5. The van der Waals surface area contributed by atoms with Crippen LogP contribution in [0.1, 0.15) is 249 Å². The fourth-order valence-electron chi connectivity index (χ4n) is 12.1. The third-order valence-corrected chi connectivity index (χ3v) is 16.7. The van der Waals surface area contributed by atoms with Crippen LogP contribution in [0.25, 0.3) is 129 Å². The maximum Gasteiger partial charge on any atom is -0.00268 e. The molecule has 0 unspecified atom stereocenters. The summed E-state index contributed by atoms with van der Waals surface area (Å²) in [6, 6.07) is 144. The van der Waals surface area contributed by atoms with Gasteiger partial charge in [0.15, 0.2) is 0 Å². The van der Waals surface area contributed by atoms with Crippen molar-refractivity contribution in [3.63, 3.8) is 0 Å². The van der Waals surface area contributed by atoms with Crippen LogP contribution in [0.2, 0.25) is 0 Å². The smallest absolute Gasteiger partial charge is 0.00268 e. The Bertz CT molecular complexity index is 4530. The van der Waals surface area contributed by atoms with Gasteiger partial charge in [-0.15, -0.1) is 0 Å². The Morgan fingerprint density at radius 2 is 0.136 bits per heavy atom. The molecule has 0 fully saturated rings. The fraction of sp³-hybridized carbons (Fsp3) is 0.303. The average molecular weight is 1770 g/mol. The summed E-state index contributed by atoms with van der Waals surface area (Å²) in [5.41, 5.74) is 0. The zero-order valence-electron chi connectivity index (χ0n) is 89.6. The molecular weight excluding hydrogens is 1590 g/mol. The van der Waals surface area contributed by atoms with E-state index in [1.807, 2.05) is 166 Å². The highest BCUT2D eigenvalue weighted by Gasteiger charge is 2.08. The fourth-order valence-corrected chi connectivity index (χ4v) is 12.1. The van der Waals surface area contributed by atoms with Crippen LogP contribution in [0.15, 0.2) is 413 Å². The van der Waals surface area contributed by atoms with Crippen molar-refractivity contribution in [1.82, 2.24) is 0 Å². The summed E-state index contributed by atoms with van der Waals surface area (Å²) in [6.45, 7) is 74.0. The zero-order valence-corrected chi connectivity index (χ0v) is 89.6. The predicted molar refractivity (Wildman–Crippen MR) is 622 cm³/mol. The van der Waals surface area contributed by atoms with E-state index in [0.29, 0.717) is 0 Å². The van der Waals surface area contributed by atoms with Gasteiger partial charge < -0.3 is 0 Å². The van der Waals surface area contributed by atoms with Crippen LogP contribution in [0.3, 0.4) is 0 Å².